The Kier molecular flexibility index (Phi) is 4.58. The number of methoxy groups -OCH3 is 1. The standard InChI is InChI=1S/C10H9Cl2NO3/c1-16-10(15)6-2-3-7(12)8(4-6)13-9(14)5-11/h2-4H,5H2,1H3,(H,13,14). The van der Waals surface area contributed by atoms with Gasteiger partial charge in [0.25, 0.3) is 0 Å². The second kappa shape index (κ2) is 5.72. The van der Waals surface area contributed by atoms with Crippen LogP contribution in [0.4, 0.5) is 5.69 Å². The van der Waals surface area contributed by atoms with Gasteiger partial charge in [0, 0.05) is 0 Å². The number of nitrogens with one attached hydrogen (secondary N) is 1. The first-order valence-electron chi connectivity index (χ1n) is 4.32. The summed E-state index contributed by atoms with van der Waals surface area (Å²) in [6.07, 6.45) is 0. The average Bonchev–Trinajstić information content (AvgIpc) is 2.30. The van der Waals surface area contributed by atoms with Crippen LogP contribution in [0.15, 0.2) is 18.2 Å². The van der Waals surface area contributed by atoms with Gasteiger partial charge >= 0.3 is 5.97 Å². The molecular weight excluding hydrogens is 253 g/mol. The van der Waals surface area contributed by atoms with Crippen LogP contribution in [0, 0.1) is 0 Å². The van der Waals surface area contributed by atoms with E-state index in [1.54, 1.807) is 0 Å². The quantitative estimate of drug-likeness (QED) is 0.671. The minimum atomic E-state index is -0.502. The molecule has 86 valence electrons. The topological polar surface area (TPSA) is 55.4 Å². The van der Waals surface area contributed by atoms with Gasteiger partial charge in [-0.1, -0.05) is 11.6 Å². The Morgan fingerprint density at radius 1 is 1.44 bits per heavy atom. The molecule has 0 spiro atoms. The van der Waals surface area contributed by atoms with E-state index in [4.69, 9.17) is 23.2 Å². The van der Waals surface area contributed by atoms with Crippen LogP contribution in [0.5, 0.6) is 0 Å². The van der Waals surface area contributed by atoms with Crippen LogP contribution in [-0.2, 0) is 9.53 Å². The molecule has 4 nitrogen and oxygen atoms in total. The average molecular weight is 262 g/mol. The lowest BCUT2D eigenvalue weighted by molar-refractivity contribution is -0.113. The maximum Gasteiger partial charge on any atom is 0.337 e. The lowest BCUT2D eigenvalue weighted by Crippen LogP contribution is -2.13. The summed E-state index contributed by atoms with van der Waals surface area (Å²) in [7, 11) is 1.27. The smallest absolute Gasteiger partial charge is 0.337 e. The van der Waals surface area contributed by atoms with E-state index in [2.05, 4.69) is 10.1 Å². The van der Waals surface area contributed by atoms with E-state index in [1.165, 1.54) is 25.3 Å². The number of ether oxygens (including phenoxy) is 1. The van der Waals surface area contributed by atoms with Crippen molar-refractivity contribution in [3.8, 4) is 0 Å². The molecule has 0 saturated heterocycles. The fourth-order valence-corrected chi connectivity index (χ4v) is 1.28. The van der Waals surface area contributed by atoms with Gasteiger partial charge in [-0.3, -0.25) is 4.79 Å². The van der Waals surface area contributed by atoms with E-state index in [-0.39, 0.29) is 5.88 Å². The Morgan fingerprint density at radius 3 is 2.69 bits per heavy atom. The molecule has 1 aromatic rings. The summed E-state index contributed by atoms with van der Waals surface area (Å²) in [5.74, 6) is -1.08. The van der Waals surface area contributed by atoms with Crippen LogP contribution in [-0.4, -0.2) is 24.9 Å². The molecule has 0 unspecified atom stereocenters. The fourth-order valence-electron chi connectivity index (χ4n) is 1.05. The predicted octanol–water partition coefficient (Wildman–Crippen LogP) is 2.30. The van der Waals surface area contributed by atoms with E-state index >= 15 is 0 Å². The van der Waals surface area contributed by atoms with Gasteiger partial charge in [-0.15, -0.1) is 11.6 Å². The van der Waals surface area contributed by atoms with Crippen LogP contribution in [0.2, 0.25) is 5.02 Å². The molecule has 0 aliphatic heterocycles. The number of amides is 1. The van der Waals surface area contributed by atoms with Crippen molar-refractivity contribution in [3.05, 3.63) is 28.8 Å². The van der Waals surface area contributed by atoms with Crippen molar-refractivity contribution in [2.75, 3.05) is 18.3 Å². The highest BCUT2D eigenvalue weighted by atomic mass is 35.5. The van der Waals surface area contributed by atoms with Gasteiger partial charge in [0.1, 0.15) is 5.88 Å². The molecule has 0 aliphatic carbocycles. The third kappa shape index (κ3) is 3.12. The van der Waals surface area contributed by atoms with Crippen molar-refractivity contribution >= 4 is 40.8 Å². The summed E-state index contributed by atoms with van der Waals surface area (Å²) in [6, 6.07) is 4.43. The highest BCUT2D eigenvalue weighted by Gasteiger charge is 2.10. The summed E-state index contributed by atoms with van der Waals surface area (Å²) < 4.78 is 4.54. The molecule has 0 aromatic heterocycles. The predicted molar refractivity (Wildman–Crippen MR) is 62.1 cm³/mol. The van der Waals surface area contributed by atoms with Gasteiger partial charge in [0.05, 0.1) is 23.4 Å². The molecule has 0 saturated carbocycles. The van der Waals surface area contributed by atoms with E-state index in [9.17, 15) is 9.59 Å². The normalized spacial score (nSPS) is 9.69. The molecule has 0 heterocycles. The van der Waals surface area contributed by atoms with Gasteiger partial charge < -0.3 is 10.1 Å². The minimum Gasteiger partial charge on any atom is -0.465 e. The molecule has 0 fully saturated rings. The first kappa shape index (κ1) is 12.8. The van der Waals surface area contributed by atoms with E-state index < -0.39 is 11.9 Å². The zero-order valence-electron chi connectivity index (χ0n) is 8.42. The number of benzene rings is 1. The van der Waals surface area contributed by atoms with Gasteiger partial charge in [0.2, 0.25) is 5.91 Å². The lowest BCUT2D eigenvalue weighted by atomic mass is 10.2. The highest BCUT2D eigenvalue weighted by molar-refractivity contribution is 6.34. The van der Waals surface area contributed by atoms with Gasteiger partial charge in [-0.25, -0.2) is 4.79 Å². The van der Waals surface area contributed by atoms with Crippen molar-refractivity contribution in [2.24, 2.45) is 0 Å². The highest BCUT2D eigenvalue weighted by Crippen LogP contribution is 2.23. The lowest BCUT2D eigenvalue weighted by Gasteiger charge is -2.07. The summed E-state index contributed by atoms with van der Waals surface area (Å²) >= 11 is 11.2. The van der Waals surface area contributed by atoms with Crippen molar-refractivity contribution < 1.29 is 14.3 Å². The number of hydrogen-bond acceptors (Lipinski definition) is 3. The van der Waals surface area contributed by atoms with Gasteiger partial charge in [0.15, 0.2) is 0 Å². The van der Waals surface area contributed by atoms with Crippen molar-refractivity contribution in [2.45, 2.75) is 0 Å². The SMILES string of the molecule is COC(=O)c1ccc(Cl)c(NC(=O)CCl)c1. The minimum absolute atomic E-state index is 0.182. The number of hydrogen-bond donors (Lipinski definition) is 1. The van der Waals surface area contributed by atoms with Crippen molar-refractivity contribution in [1.82, 2.24) is 0 Å². The number of carbonyl (C=O) groups is 2. The second-order valence-corrected chi connectivity index (χ2v) is 3.54. The first-order chi connectivity index (χ1) is 7.58. The molecule has 1 amide bonds. The summed E-state index contributed by atoms with van der Waals surface area (Å²) in [5, 5.41) is 2.79. The number of anilines is 1. The van der Waals surface area contributed by atoms with Crippen molar-refractivity contribution in [3.63, 3.8) is 0 Å². The summed E-state index contributed by atoms with van der Waals surface area (Å²) in [4.78, 5) is 22.3. The van der Waals surface area contributed by atoms with Crippen LogP contribution < -0.4 is 5.32 Å². The molecule has 0 bridgehead atoms. The number of esters is 1. The Balaban J connectivity index is 2.99. The van der Waals surface area contributed by atoms with Gasteiger partial charge in [-0.2, -0.15) is 0 Å². The largest absolute Gasteiger partial charge is 0.465 e. The second-order valence-electron chi connectivity index (χ2n) is 2.87. The van der Waals surface area contributed by atoms with Crippen LogP contribution >= 0.6 is 23.2 Å². The molecule has 1 N–H and O–H groups in total. The number of carbonyl (C=O) groups excluding carboxylic acids is 2. The van der Waals surface area contributed by atoms with Crippen molar-refractivity contribution in [1.29, 1.82) is 0 Å². The third-order valence-corrected chi connectivity index (χ3v) is 2.36. The van der Waals surface area contributed by atoms with Crippen LogP contribution in [0.3, 0.4) is 0 Å². The third-order valence-electron chi connectivity index (χ3n) is 1.78. The van der Waals surface area contributed by atoms with Crippen LogP contribution in [0.25, 0.3) is 0 Å². The van der Waals surface area contributed by atoms with E-state index in [0.29, 0.717) is 16.3 Å². The molecule has 16 heavy (non-hydrogen) atoms. The fraction of sp³-hybridized carbons (Fsp3) is 0.200. The molecule has 0 atom stereocenters. The zero-order chi connectivity index (χ0) is 12.1. The molecule has 0 aliphatic rings. The maximum absolute atomic E-state index is 11.2. The maximum atomic E-state index is 11.2. The van der Waals surface area contributed by atoms with E-state index in [0.717, 1.165) is 0 Å². The van der Waals surface area contributed by atoms with E-state index in [1.807, 2.05) is 0 Å². The number of halogens is 2. The summed E-state index contributed by atoms with van der Waals surface area (Å²) in [5.41, 5.74) is 0.631. The first-order valence-corrected chi connectivity index (χ1v) is 5.23. The molecular formula is C10H9Cl2NO3. The Morgan fingerprint density at radius 2 is 2.12 bits per heavy atom. The molecule has 6 heteroatoms. The number of alkyl halides is 1. The summed E-state index contributed by atoms with van der Waals surface area (Å²) in [6.45, 7) is 0. The Hall–Kier alpha value is -1.26. The zero-order valence-corrected chi connectivity index (χ0v) is 9.93. The van der Waals surface area contributed by atoms with Gasteiger partial charge in [-0.05, 0) is 18.2 Å². The Labute approximate surface area is 102 Å². The Bertz CT molecular complexity index is 421. The molecule has 1 aromatic carbocycles. The number of rotatable bonds is 3. The molecule has 1 rings (SSSR count). The van der Waals surface area contributed by atoms with Crippen LogP contribution in [0.1, 0.15) is 10.4 Å². The monoisotopic (exact) mass is 261 g/mol. The molecule has 0 radical (unpaired) electrons.